The van der Waals surface area contributed by atoms with Crippen LogP contribution in [0.4, 0.5) is 5.69 Å². The number of hydrogen-bond acceptors (Lipinski definition) is 6. The molecular formula is C29H34ClN3O5S2. The lowest BCUT2D eigenvalue weighted by atomic mass is 10.1. The number of para-hydroxylation sites is 2. The number of halogens is 1. The maximum Gasteiger partial charge on any atom is 0.264 e. The number of rotatable bonds is 13. The molecule has 0 saturated heterocycles. The maximum atomic E-state index is 14.1. The topological polar surface area (TPSA) is 96.0 Å². The minimum Gasteiger partial charge on any atom is -0.492 e. The van der Waals surface area contributed by atoms with Crippen molar-refractivity contribution in [3.05, 3.63) is 83.4 Å². The summed E-state index contributed by atoms with van der Waals surface area (Å²) < 4.78 is 34.9. The van der Waals surface area contributed by atoms with E-state index in [0.717, 1.165) is 9.20 Å². The van der Waals surface area contributed by atoms with Crippen molar-refractivity contribution in [1.82, 2.24) is 10.2 Å². The maximum absolute atomic E-state index is 14.1. The molecule has 0 aliphatic rings. The monoisotopic (exact) mass is 603 g/mol. The Morgan fingerprint density at radius 2 is 1.73 bits per heavy atom. The Kier molecular flexibility index (Phi) is 11.3. The van der Waals surface area contributed by atoms with E-state index in [1.807, 2.05) is 6.26 Å². The first-order valence-electron chi connectivity index (χ1n) is 12.8. The molecule has 0 bridgehead atoms. The molecule has 0 aliphatic heterocycles. The molecule has 0 fully saturated rings. The minimum atomic E-state index is -4.21. The lowest BCUT2D eigenvalue weighted by Gasteiger charge is -2.32. The molecule has 0 heterocycles. The minimum absolute atomic E-state index is 0.0302. The third kappa shape index (κ3) is 7.71. The van der Waals surface area contributed by atoms with Gasteiger partial charge in [-0.3, -0.25) is 13.9 Å². The van der Waals surface area contributed by atoms with Crippen LogP contribution in [0.2, 0.25) is 5.02 Å². The first kappa shape index (κ1) is 31.3. The summed E-state index contributed by atoms with van der Waals surface area (Å²) in [7, 11) is -4.21. The summed E-state index contributed by atoms with van der Waals surface area (Å²) in [6, 6.07) is 19.2. The molecule has 0 radical (unpaired) electrons. The SMILES string of the molecule is CCNC(=O)C(C)N(Cc1cccc(Cl)c1)C(=O)CN(c1ccccc1OCC)S(=O)(=O)c1ccc(SC)cc1. The van der Waals surface area contributed by atoms with Crippen molar-refractivity contribution in [3.63, 3.8) is 0 Å². The van der Waals surface area contributed by atoms with Crippen molar-refractivity contribution in [2.24, 2.45) is 0 Å². The Bertz CT molecular complexity index is 1420. The number of carbonyl (C=O) groups excluding carboxylic acids is 2. The summed E-state index contributed by atoms with van der Waals surface area (Å²) in [5.74, 6) is -0.593. The van der Waals surface area contributed by atoms with Crippen LogP contribution in [0.1, 0.15) is 26.3 Å². The normalized spacial score (nSPS) is 11.9. The quantitative estimate of drug-likeness (QED) is 0.270. The second-order valence-electron chi connectivity index (χ2n) is 8.81. The van der Waals surface area contributed by atoms with Gasteiger partial charge in [0.05, 0.1) is 17.2 Å². The number of anilines is 1. The van der Waals surface area contributed by atoms with E-state index in [1.165, 1.54) is 28.8 Å². The number of carbonyl (C=O) groups is 2. The standard InChI is InChI=1S/C29H34ClN3O5S2/c1-5-31-29(35)21(3)32(19-22-10-9-11-23(30)18-22)28(34)20-33(26-12-7-8-13-27(26)38-6-2)40(36,37)25-16-14-24(39-4)15-17-25/h7-18,21H,5-6,19-20H2,1-4H3,(H,31,35). The molecule has 0 spiro atoms. The average Bonchev–Trinajstić information content (AvgIpc) is 2.95. The van der Waals surface area contributed by atoms with Crippen LogP contribution in [0.5, 0.6) is 5.75 Å². The summed E-state index contributed by atoms with van der Waals surface area (Å²) in [5.41, 5.74) is 0.925. The zero-order valence-corrected chi connectivity index (χ0v) is 25.4. The summed E-state index contributed by atoms with van der Waals surface area (Å²) >= 11 is 7.67. The number of likely N-dealkylation sites (N-methyl/N-ethyl adjacent to an activating group) is 1. The molecule has 214 valence electrons. The Hall–Kier alpha value is -3.21. The Morgan fingerprint density at radius 3 is 2.35 bits per heavy atom. The molecule has 8 nitrogen and oxygen atoms in total. The van der Waals surface area contributed by atoms with E-state index in [2.05, 4.69) is 5.32 Å². The van der Waals surface area contributed by atoms with Crippen LogP contribution in [0.15, 0.2) is 82.6 Å². The average molecular weight is 604 g/mol. The summed E-state index contributed by atoms with van der Waals surface area (Å²) in [4.78, 5) is 29.1. The zero-order valence-electron chi connectivity index (χ0n) is 23.0. The Balaban J connectivity index is 2.09. The van der Waals surface area contributed by atoms with Gasteiger partial charge in [-0.05, 0) is 81.1 Å². The van der Waals surface area contributed by atoms with Gasteiger partial charge in [0.15, 0.2) is 0 Å². The predicted octanol–water partition coefficient (Wildman–Crippen LogP) is 5.21. The molecule has 40 heavy (non-hydrogen) atoms. The van der Waals surface area contributed by atoms with Crippen LogP contribution in [-0.2, 0) is 26.2 Å². The van der Waals surface area contributed by atoms with Gasteiger partial charge in [-0.2, -0.15) is 0 Å². The molecule has 0 aliphatic carbocycles. The van der Waals surface area contributed by atoms with Gasteiger partial charge < -0.3 is 15.0 Å². The van der Waals surface area contributed by atoms with Gasteiger partial charge in [0, 0.05) is 23.0 Å². The summed E-state index contributed by atoms with van der Waals surface area (Å²) in [6.45, 7) is 5.38. The zero-order chi connectivity index (χ0) is 29.3. The Labute approximate surface area is 245 Å². The van der Waals surface area contributed by atoms with E-state index in [0.29, 0.717) is 29.5 Å². The van der Waals surface area contributed by atoms with Gasteiger partial charge in [0.2, 0.25) is 11.8 Å². The first-order chi connectivity index (χ1) is 19.1. The molecular weight excluding hydrogens is 570 g/mol. The van der Waals surface area contributed by atoms with Gasteiger partial charge in [-0.15, -0.1) is 11.8 Å². The number of benzene rings is 3. The van der Waals surface area contributed by atoms with Gasteiger partial charge in [0.25, 0.3) is 10.0 Å². The van der Waals surface area contributed by atoms with Crippen LogP contribution in [-0.4, -0.2) is 57.1 Å². The second kappa shape index (κ2) is 14.4. The lowest BCUT2D eigenvalue weighted by Crippen LogP contribution is -2.51. The van der Waals surface area contributed by atoms with E-state index < -0.39 is 28.5 Å². The van der Waals surface area contributed by atoms with E-state index >= 15 is 0 Å². The van der Waals surface area contributed by atoms with Crippen LogP contribution in [0.25, 0.3) is 0 Å². The molecule has 3 aromatic rings. The third-order valence-electron chi connectivity index (χ3n) is 6.12. The van der Waals surface area contributed by atoms with Crippen molar-refractivity contribution in [2.75, 3.05) is 30.3 Å². The van der Waals surface area contributed by atoms with E-state index in [-0.39, 0.29) is 23.0 Å². The van der Waals surface area contributed by atoms with Crippen molar-refractivity contribution >= 4 is 50.9 Å². The molecule has 1 unspecified atom stereocenters. The fourth-order valence-electron chi connectivity index (χ4n) is 4.07. The number of nitrogens with one attached hydrogen (secondary N) is 1. The fourth-order valence-corrected chi connectivity index (χ4v) is 6.11. The third-order valence-corrected chi connectivity index (χ3v) is 8.87. The van der Waals surface area contributed by atoms with Crippen LogP contribution in [0.3, 0.4) is 0 Å². The molecule has 1 N–H and O–H groups in total. The Morgan fingerprint density at radius 1 is 1.02 bits per heavy atom. The largest absolute Gasteiger partial charge is 0.492 e. The molecule has 3 rings (SSSR count). The van der Waals surface area contributed by atoms with Crippen molar-refractivity contribution in [2.45, 2.75) is 43.1 Å². The fraction of sp³-hybridized carbons (Fsp3) is 0.310. The molecule has 2 amide bonds. The second-order valence-corrected chi connectivity index (χ2v) is 12.0. The van der Waals surface area contributed by atoms with E-state index in [1.54, 1.807) is 81.4 Å². The highest BCUT2D eigenvalue weighted by atomic mass is 35.5. The molecule has 0 saturated carbocycles. The number of ether oxygens (including phenoxy) is 1. The van der Waals surface area contributed by atoms with Gasteiger partial charge >= 0.3 is 0 Å². The first-order valence-corrected chi connectivity index (χ1v) is 15.9. The van der Waals surface area contributed by atoms with Crippen LogP contribution in [0, 0.1) is 0 Å². The van der Waals surface area contributed by atoms with Crippen molar-refractivity contribution < 1.29 is 22.7 Å². The summed E-state index contributed by atoms with van der Waals surface area (Å²) in [6.07, 6.45) is 1.90. The smallest absolute Gasteiger partial charge is 0.264 e. The number of thioether (sulfide) groups is 1. The van der Waals surface area contributed by atoms with Gasteiger partial charge in [-0.1, -0.05) is 35.9 Å². The predicted molar refractivity (Wildman–Crippen MR) is 161 cm³/mol. The number of sulfonamides is 1. The molecule has 11 heteroatoms. The van der Waals surface area contributed by atoms with E-state index in [9.17, 15) is 18.0 Å². The summed E-state index contributed by atoms with van der Waals surface area (Å²) in [5, 5.41) is 3.23. The number of hydrogen-bond donors (Lipinski definition) is 1. The molecule has 0 aromatic heterocycles. The highest BCUT2D eigenvalue weighted by Crippen LogP contribution is 2.33. The van der Waals surface area contributed by atoms with Gasteiger partial charge in [0.1, 0.15) is 18.3 Å². The lowest BCUT2D eigenvalue weighted by molar-refractivity contribution is -0.139. The van der Waals surface area contributed by atoms with Crippen LogP contribution < -0.4 is 14.4 Å². The highest BCUT2D eigenvalue weighted by Gasteiger charge is 2.33. The van der Waals surface area contributed by atoms with Crippen molar-refractivity contribution in [1.29, 1.82) is 0 Å². The van der Waals surface area contributed by atoms with Crippen LogP contribution >= 0.6 is 23.4 Å². The highest BCUT2D eigenvalue weighted by molar-refractivity contribution is 7.98. The molecule has 3 aromatic carbocycles. The molecule has 1 atom stereocenters. The van der Waals surface area contributed by atoms with Crippen molar-refractivity contribution in [3.8, 4) is 5.75 Å². The van der Waals surface area contributed by atoms with Gasteiger partial charge in [-0.25, -0.2) is 8.42 Å². The number of nitrogens with zero attached hydrogens (tertiary/aromatic N) is 2. The van der Waals surface area contributed by atoms with E-state index in [4.69, 9.17) is 16.3 Å². The number of amides is 2.